The van der Waals surface area contributed by atoms with Gasteiger partial charge in [-0.2, -0.15) is 5.10 Å². The summed E-state index contributed by atoms with van der Waals surface area (Å²) in [6, 6.07) is 3.44. The summed E-state index contributed by atoms with van der Waals surface area (Å²) in [5.74, 6) is 0. The Morgan fingerprint density at radius 1 is 1.50 bits per heavy atom. The molecule has 0 spiro atoms. The predicted molar refractivity (Wildman–Crippen MR) is 81.9 cm³/mol. The maximum atomic E-state index is 12.1. The van der Waals surface area contributed by atoms with Crippen LogP contribution >= 0.6 is 27.3 Å². The van der Waals surface area contributed by atoms with Gasteiger partial charge in [-0.1, -0.05) is 0 Å². The molecule has 0 radical (unpaired) electrons. The maximum Gasteiger partial charge on any atom is 0.242 e. The first kappa shape index (κ1) is 15.6. The third kappa shape index (κ3) is 3.89. The van der Waals surface area contributed by atoms with Crippen molar-refractivity contribution in [3.8, 4) is 0 Å². The molecule has 0 fully saturated rings. The first-order valence-corrected chi connectivity index (χ1v) is 9.07. The minimum absolute atomic E-state index is 0.252. The van der Waals surface area contributed by atoms with Crippen molar-refractivity contribution in [1.82, 2.24) is 14.5 Å². The summed E-state index contributed by atoms with van der Waals surface area (Å²) in [6.45, 7) is 1.37. The number of nitrogens with one attached hydrogen (secondary N) is 1. The van der Waals surface area contributed by atoms with Crippen molar-refractivity contribution < 1.29 is 8.42 Å². The normalized spacial score (nSPS) is 11.9. The Balaban J connectivity index is 1.91. The first-order valence-electron chi connectivity index (χ1n) is 5.98. The third-order valence-corrected chi connectivity index (χ3v) is 6.35. The Hall–Kier alpha value is -0.740. The standard InChI is InChI=1S/C11H15BrN4O2S2/c12-11-10(7-9(8-13)19-11)20(17,18)15-4-2-6-16-5-1-3-14-16/h1,3,5,7,15H,2,4,6,8,13H2. The van der Waals surface area contributed by atoms with E-state index in [1.54, 1.807) is 16.9 Å². The van der Waals surface area contributed by atoms with E-state index in [9.17, 15) is 8.42 Å². The first-order chi connectivity index (χ1) is 9.53. The molecule has 0 unspecified atom stereocenters. The molecule has 20 heavy (non-hydrogen) atoms. The summed E-state index contributed by atoms with van der Waals surface area (Å²) < 4.78 is 29.2. The fourth-order valence-corrected chi connectivity index (χ4v) is 5.27. The Kier molecular flexibility index (Phi) is 5.33. The van der Waals surface area contributed by atoms with E-state index < -0.39 is 10.0 Å². The van der Waals surface area contributed by atoms with Gasteiger partial charge in [0.15, 0.2) is 0 Å². The van der Waals surface area contributed by atoms with Crippen molar-refractivity contribution in [3.05, 3.63) is 33.2 Å². The lowest BCUT2D eigenvalue weighted by Crippen LogP contribution is -2.25. The molecule has 0 aliphatic rings. The van der Waals surface area contributed by atoms with Gasteiger partial charge in [-0.3, -0.25) is 4.68 Å². The van der Waals surface area contributed by atoms with Crippen LogP contribution in [0.25, 0.3) is 0 Å². The molecule has 0 bridgehead atoms. The number of sulfonamides is 1. The molecule has 0 aliphatic carbocycles. The third-order valence-electron chi connectivity index (χ3n) is 2.61. The van der Waals surface area contributed by atoms with Crippen molar-refractivity contribution in [2.24, 2.45) is 5.73 Å². The van der Waals surface area contributed by atoms with E-state index in [4.69, 9.17) is 5.73 Å². The van der Waals surface area contributed by atoms with Crippen LogP contribution in [0.15, 0.2) is 33.2 Å². The molecule has 0 aliphatic heterocycles. The summed E-state index contributed by atoms with van der Waals surface area (Å²) in [7, 11) is -3.49. The molecule has 6 nitrogen and oxygen atoms in total. The van der Waals surface area contributed by atoms with Crippen molar-refractivity contribution in [1.29, 1.82) is 0 Å². The van der Waals surface area contributed by atoms with Gasteiger partial charge in [-0.15, -0.1) is 11.3 Å². The van der Waals surface area contributed by atoms with Gasteiger partial charge in [-0.05, 0) is 34.5 Å². The SMILES string of the molecule is NCc1cc(S(=O)(=O)NCCCn2cccn2)c(Br)s1. The van der Waals surface area contributed by atoms with E-state index in [1.807, 2.05) is 12.3 Å². The Morgan fingerprint density at radius 2 is 2.30 bits per heavy atom. The van der Waals surface area contributed by atoms with E-state index >= 15 is 0 Å². The van der Waals surface area contributed by atoms with Crippen LogP contribution in [0.1, 0.15) is 11.3 Å². The smallest absolute Gasteiger partial charge is 0.242 e. The highest BCUT2D eigenvalue weighted by atomic mass is 79.9. The largest absolute Gasteiger partial charge is 0.326 e. The lowest BCUT2D eigenvalue weighted by Gasteiger charge is -2.06. The molecule has 2 rings (SSSR count). The second-order valence-corrected chi connectivity index (χ2v) is 8.27. The fourth-order valence-electron chi connectivity index (χ4n) is 1.64. The molecule has 0 atom stereocenters. The minimum atomic E-state index is -3.49. The number of thiophene rings is 1. The average Bonchev–Trinajstić information content (AvgIpc) is 3.04. The summed E-state index contributed by atoms with van der Waals surface area (Å²) in [5.41, 5.74) is 5.52. The average molecular weight is 379 g/mol. The summed E-state index contributed by atoms with van der Waals surface area (Å²) >= 11 is 4.60. The molecular weight excluding hydrogens is 364 g/mol. The van der Waals surface area contributed by atoms with Crippen LogP contribution in [0.4, 0.5) is 0 Å². The van der Waals surface area contributed by atoms with Gasteiger partial charge in [0.2, 0.25) is 10.0 Å². The molecule has 3 N–H and O–H groups in total. The van der Waals surface area contributed by atoms with E-state index in [2.05, 4.69) is 25.8 Å². The summed E-state index contributed by atoms with van der Waals surface area (Å²) in [5, 5.41) is 4.06. The number of hydrogen-bond acceptors (Lipinski definition) is 5. The fraction of sp³-hybridized carbons (Fsp3) is 0.364. The predicted octanol–water partition coefficient (Wildman–Crippen LogP) is 1.53. The van der Waals surface area contributed by atoms with E-state index in [1.165, 1.54) is 11.3 Å². The van der Waals surface area contributed by atoms with Gasteiger partial charge in [-0.25, -0.2) is 13.1 Å². The zero-order valence-corrected chi connectivity index (χ0v) is 13.8. The Morgan fingerprint density at radius 3 is 2.90 bits per heavy atom. The second kappa shape index (κ2) is 6.81. The number of rotatable bonds is 7. The maximum absolute atomic E-state index is 12.1. The van der Waals surface area contributed by atoms with Crippen LogP contribution in [-0.4, -0.2) is 24.7 Å². The molecule has 0 amide bonds. The van der Waals surface area contributed by atoms with Gasteiger partial charge in [0.25, 0.3) is 0 Å². The number of halogens is 1. The molecule has 2 heterocycles. The highest BCUT2D eigenvalue weighted by molar-refractivity contribution is 9.11. The molecule has 0 saturated carbocycles. The summed E-state index contributed by atoms with van der Waals surface area (Å²) in [6.07, 6.45) is 4.21. The zero-order valence-electron chi connectivity index (χ0n) is 10.6. The molecular formula is C11H15BrN4O2S2. The van der Waals surface area contributed by atoms with Crippen LogP contribution in [0.2, 0.25) is 0 Å². The minimum Gasteiger partial charge on any atom is -0.326 e. The number of aryl methyl sites for hydroxylation is 1. The van der Waals surface area contributed by atoms with Gasteiger partial charge in [0.05, 0.1) is 3.79 Å². The van der Waals surface area contributed by atoms with Gasteiger partial charge < -0.3 is 5.73 Å². The molecule has 2 aromatic heterocycles. The van der Waals surface area contributed by atoms with Crippen LogP contribution in [0.5, 0.6) is 0 Å². The lowest BCUT2D eigenvalue weighted by molar-refractivity contribution is 0.553. The van der Waals surface area contributed by atoms with Crippen LogP contribution < -0.4 is 10.5 Å². The van der Waals surface area contributed by atoms with E-state index in [0.717, 1.165) is 4.88 Å². The highest BCUT2D eigenvalue weighted by Crippen LogP contribution is 2.31. The van der Waals surface area contributed by atoms with Gasteiger partial charge in [0, 0.05) is 36.9 Å². The number of hydrogen-bond donors (Lipinski definition) is 2. The van der Waals surface area contributed by atoms with Gasteiger partial charge >= 0.3 is 0 Å². The Bertz CT molecular complexity index is 652. The monoisotopic (exact) mass is 378 g/mol. The molecule has 9 heteroatoms. The Labute approximate surface area is 130 Å². The topological polar surface area (TPSA) is 90.0 Å². The van der Waals surface area contributed by atoms with Crippen molar-refractivity contribution in [3.63, 3.8) is 0 Å². The molecule has 0 saturated heterocycles. The van der Waals surface area contributed by atoms with Gasteiger partial charge in [0.1, 0.15) is 4.90 Å². The van der Waals surface area contributed by atoms with Crippen molar-refractivity contribution >= 4 is 37.3 Å². The quantitative estimate of drug-likeness (QED) is 0.714. The number of nitrogens with zero attached hydrogens (tertiary/aromatic N) is 2. The molecule has 2 aromatic rings. The second-order valence-electron chi connectivity index (χ2n) is 4.08. The molecule has 0 aromatic carbocycles. The molecule has 110 valence electrons. The number of nitrogens with two attached hydrogens (primary N) is 1. The zero-order chi connectivity index (χ0) is 14.6. The number of aromatic nitrogens is 2. The summed E-state index contributed by atoms with van der Waals surface area (Å²) in [4.78, 5) is 1.08. The lowest BCUT2D eigenvalue weighted by atomic mass is 10.4. The van der Waals surface area contributed by atoms with Crippen molar-refractivity contribution in [2.75, 3.05) is 6.54 Å². The van der Waals surface area contributed by atoms with Crippen LogP contribution in [0, 0.1) is 0 Å². The van der Waals surface area contributed by atoms with Crippen LogP contribution in [-0.2, 0) is 23.1 Å². The van der Waals surface area contributed by atoms with E-state index in [0.29, 0.717) is 29.8 Å². The van der Waals surface area contributed by atoms with E-state index in [-0.39, 0.29) is 4.90 Å². The van der Waals surface area contributed by atoms with Crippen molar-refractivity contribution in [2.45, 2.75) is 24.4 Å². The highest BCUT2D eigenvalue weighted by Gasteiger charge is 2.19. The van der Waals surface area contributed by atoms with Crippen LogP contribution in [0.3, 0.4) is 0 Å².